The Morgan fingerprint density at radius 1 is 1.17 bits per heavy atom. The first-order valence-corrected chi connectivity index (χ1v) is 10.9. The molecule has 1 fully saturated rings. The van der Waals surface area contributed by atoms with Crippen molar-refractivity contribution in [2.45, 2.75) is 44.3 Å². The summed E-state index contributed by atoms with van der Waals surface area (Å²) in [4.78, 5) is 35.6. The van der Waals surface area contributed by atoms with Crippen LogP contribution in [0, 0.1) is 11.8 Å². The number of aliphatic hydroxyl groups is 2. The predicted molar refractivity (Wildman–Crippen MR) is 123 cm³/mol. The highest BCUT2D eigenvalue weighted by atomic mass is 16.6. The van der Waals surface area contributed by atoms with Gasteiger partial charge in [0.15, 0.2) is 23.8 Å². The van der Waals surface area contributed by atoms with E-state index in [2.05, 4.69) is 32.1 Å². The molecule has 1 aliphatic heterocycles. The fraction of sp³-hybridized carbons (Fsp3) is 0.348. The third-order valence-corrected chi connectivity index (χ3v) is 5.47. The van der Waals surface area contributed by atoms with Crippen molar-refractivity contribution < 1.29 is 29.6 Å². The van der Waals surface area contributed by atoms with Crippen LogP contribution >= 0.6 is 0 Å². The lowest BCUT2D eigenvalue weighted by Crippen LogP contribution is -2.42. The normalized spacial score (nSPS) is 21.5. The van der Waals surface area contributed by atoms with Gasteiger partial charge < -0.3 is 31.1 Å². The number of aliphatic hydroxyl groups excluding tert-OH is 2. The minimum absolute atomic E-state index is 0.0479. The molecule has 4 atom stereocenters. The second kappa shape index (κ2) is 10.1. The Hall–Kier alpha value is -4.05. The Labute approximate surface area is 199 Å². The topological polar surface area (TPSA) is 186 Å². The van der Waals surface area contributed by atoms with Crippen molar-refractivity contribution in [3.8, 4) is 11.8 Å². The average molecular weight is 480 g/mol. The summed E-state index contributed by atoms with van der Waals surface area (Å²) in [5.74, 6) is 4.52. The van der Waals surface area contributed by atoms with Crippen molar-refractivity contribution in [1.29, 1.82) is 0 Å². The zero-order valence-electron chi connectivity index (χ0n) is 18.8. The number of fused-ring (bicyclic) bond motifs is 1. The summed E-state index contributed by atoms with van der Waals surface area (Å²) in [6, 6.07) is 7.13. The van der Waals surface area contributed by atoms with Gasteiger partial charge in [-0.1, -0.05) is 18.1 Å². The molecular formula is C23H24N6O6. The number of amides is 1. The molecule has 3 heterocycles. The highest BCUT2D eigenvalue weighted by molar-refractivity contribution is 5.83. The number of aromatic nitrogens is 4. The minimum atomic E-state index is -1.44. The summed E-state index contributed by atoms with van der Waals surface area (Å²) in [5, 5.41) is 32.2. The van der Waals surface area contributed by atoms with Crippen LogP contribution in [0.4, 0.5) is 5.82 Å². The molecule has 0 saturated carbocycles. The van der Waals surface area contributed by atoms with Gasteiger partial charge in [-0.2, -0.15) is 0 Å². The summed E-state index contributed by atoms with van der Waals surface area (Å²) < 4.78 is 7.02. The number of aryl methyl sites for hydroxylation is 1. The zero-order chi connectivity index (χ0) is 25.1. The Balaban J connectivity index is 1.59. The molecule has 2 aromatic heterocycles. The van der Waals surface area contributed by atoms with Crippen molar-refractivity contribution in [1.82, 2.24) is 24.8 Å². The summed E-state index contributed by atoms with van der Waals surface area (Å²) in [6.45, 7) is 2.07. The first-order chi connectivity index (χ1) is 16.8. The standard InChI is InChI=1S/C23H24N6O6/c1-2-25-22(34)19-17(32)18(33)23(35-19)29-11-26-16-20(24)27-14(28-21(16)29)9-7-12-3-5-13(6-4-12)8-10-15(30)31/h3-6,11,17-19,23,32-33H,2,8,10H2,1H3,(H,25,34)(H,30,31)(H2,24,27,28)/t17-,18+,19-,23+/m0/s1. The number of carbonyl (C=O) groups excluding carboxylic acids is 1. The number of nitrogens with two attached hydrogens (primary N) is 1. The zero-order valence-corrected chi connectivity index (χ0v) is 18.8. The molecule has 12 nitrogen and oxygen atoms in total. The highest BCUT2D eigenvalue weighted by Crippen LogP contribution is 2.32. The number of rotatable bonds is 6. The van der Waals surface area contributed by atoms with Crippen LogP contribution < -0.4 is 11.1 Å². The molecule has 1 aromatic carbocycles. The van der Waals surface area contributed by atoms with E-state index in [1.165, 1.54) is 10.9 Å². The van der Waals surface area contributed by atoms with Gasteiger partial charge >= 0.3 is 5.97 Å². The van der Waals surface area contributed by atoms with Crippen LogP contribution in [0.3, 0.4) is 0 Å². The van der Waals surface area contributed by atoms with Gasteiger partial charge in [0.25, 0.3) is 5.91 Å². The van der Waals surface area contributed by atoms with Gasteiger partial charge in [0.2, 0.25) is 5.82 Å². The van der Waals surface area contributed by atoms with Crippen molar-refractivity contribution in [2.24, 2.45) is 0 Å². The molecule has 1 aliphatic rings. The van der Waals surface area contributed by atoms with Crippen LogP contribution in [-0.4, -0.2) is 71.6 Å². The molecule has 4 rings (SSSR count). The molecule has 182 valence electrons. The molecule has 0 aliphatic carbocycles. The van der Waals surface area contributed by atoms with Crippen LogP contribution in [-0.2, 0) is 20.7 Å². The number of imidazole rings is 1. The molecule has 0 spiro atoms. The maximum atomic E-state index is 12.2. The summed E-state index contributed by atoms with van der Waals surface area (Å²) in [6.07, 6.45) is -3.43. The van der Waals surface area contributed by atoms with E-state index in [9.17, 15) is 19.8 Å². The Morgan fingerprint density at radius 2 is 1.91 bits per heavy atom. The van der Waals surface area contributed by atoms with E-state index in [1.807, 2.05) is 0 Å². The maximum absolute atomic E-state index is 12.2. The number of ether oxygens (including phenoxy) is 1. The molecular weight excluding hydrogens is 456 g/mol. The van der Waals surface area contributed by atoms with Crippen molar-refractivity contribution in [3.63, 3.8) is 0 Å². The second-order valence-corrected chi connectivity index (χ2v) is 7.92. The van der Waals surface area contributed by atoms with Crippen molar-refractivity contribution in [2.75, 3.05) is 12.3 Å². The van der Waals surface area contributed by atoms with E-state index in [-0.39, 0.29) is 29.2 Å². The van der Waals surface area contributed by atoms with E-state index < -0.39 is 36.4 Å². The molecule has 35 heavy (non-hydrogen) atoms. The Morgan fingerprint density at radius 3 is 2.60 bits per heavy atom. The lowest BCUT2D eigenvalue weighted by molar-refractivity contribution is -0.138. The number of hydrogen-bond donors (Lipinski definition) is 5. The smallest absolute Gasteiger partial charge is 0.303 e. The molecule has 1 saturated heterocycles. The molecule has 0 unspecified atom stereocenters. The first-order valence-electron chi connectivity index (χ1n) is 10.9. The van der Waals surface area contributed by atoms with Gasteiger partial charge in [-0.25, -0.2) is 15.0 Å². The molecule has 12 heteroatoms. The molecule has 1 amide bonds. The van der Waals surface area contributed by atoms with Crippen LogP contribution in [0.25, 0.3) is 11.2 Å². The van der Waals surface area contributed by atoms with Gasteiger partial charge in [-0.3, -0.25) is 14.2 Å². The molecule has 3 aromatic rings. The second-order valence-electron chi connectivity index (χ2n) is 7.92. The number of carboxylic acid groups (broad SMARTS) is 1. The molecule has 6 N–H and O–H groups in total. The number of nitrogen functional groups attached to an aromatic ring is 1. The van der Waals surface area contributed by atoms with Gasteiger partial charge in [-0.15, -0.1) is 0 Å². The lowest BCUT2D eigenvalue weighted by Gasteiger charge is -2.16. The number of carbonyl (C=O) groups is 2. The average Bonchev–Trinajstić information content (AvgIpc) is 3.38. The number of benzene rings is 1. The summed E-state index contributed by atoms with van der Waals surface area (Å²) in [5.41, 5.74) is 8.06. The van der Waals surface area contributed by atoms with E-state index in [0.717, 1.165) is 5.56 Å². The van der Waals surface area contributed by atoms with Gasteiger partial charge in [-0.05, 0) is 37.0 Å². The van der Waals surface area contributed by atoms with Crippen molar-refractivity contribution >= 4 is 28.9 Å². The van der Waals surface area contributed by atoms with E-state index in [1.54, 1.807) is 31.2 Å². The highest BCUT2D eigenvalue weighted by Gasteiger charge is 2.47. The largest absolute Gasteiger partial charge is 0.481 e. The monoisotopic (exact) mass is 480 g/mol. The number of carboxylic acids is 1. The molecule has 0 bridgehead atoms. The third kappa shape index (κ3) is 5.07. The van der Waals surface area contributed by atoms with Crippen LogP contribution in [0.15, 0.2) is 30.6 Å². The van der Waals surface area contributed by atoms with Gasteiger partial charge in [0.1, 0.15) is 17.7 Å². The first kappa shape index (κ1) is 24.1. The lowest BCUT2D eigenvalue weighted by atomic mass is 10.1. The van der Waals surface area contributed by atoms with Crippen LogP contribution in [0.2, 0.25) is 0 Å². The molecule has 0 radical (unpaired) electrons. The maximum Gasteiger partial charge on any atom is 0.303 e. The number of hydrogen-bond acceptors (Lipinski definition) is 9. The Bertz CT molecular complexity index is 1310. The quantitative estimate of drug-likeness (QED) is 0.290. The van der Waals surface area contributed by atoms with Gasteiger partial charge in [0.05, 0.1) is 6.33 Å². The van der Waals surface area contributed by atoms with E-state index in [4.69, 9.17) is 15.6 Å². The van der Waals surface area contributed by atoms with E-state index in [0.29, 0.717) is 18.5 Å². The third-order valence-electron chi connectivity index (χ3n) is 5.47. The summed E-state index contributed by atoms with van der Waals surface area (Å²) in [7, 11) is 0. The summed E-state index contributed by atoms with van der Waals surface area (Å²) >= 11 is 0. The van der Waals surface area contributed by atoms with Crippen LogP contribution in [0.5, 0.6) is 0 Å². The van der Waals surface area contributed by atoms with Crippen molar-refractivity contribution in [3.05, 3.63) is 47.5 Å². The number of aliphatic carboxylic acids is 1. The number of likely N-dealkylation sites (N-methyl/N-ethyl adjacent to an activating group) is 1. The van der Waals surface area contributed by atoms with Crippen LogP contribution in [0.1, 0.15) is 36.5 Å². The number of nitrogens with zero attached hydrogens (tertiary/aromatic N) is 4. The Kier molecular flexibility index (Phi) is 6.92. The minimum Gasteiger partial charge on any atom is -0.481 e. The number of nitrogens with one attached hydrogen (secondary N) is 1. The van der Waals surface area contributed by atoms with Gasteiger partial charge in [0, 0.05) is 18.5 Å². The number of anilines is 1. The fourth-order valence-electron chi connectivity index (χ4n) is 3.70. The predicted octanol–water partition coefficient (Wildman–Crippen LogP) is -0.419. The van der Waals surface area contributed by atoms with E-state index >= 15 is 0 Å². The fourth-order valence-corrected chi connectivity index (χ4v) is 3.70. The SMILES string of the molecule is CCNC(=O)[C@H]1O[C@@H](n2cnc3c(N)nc(C#Cc4ccc(CCC(=O)O)cc4)nc32)[C@H](O)[C@@H]1O.